The average molecular weight is 230 g/mol. The zero-order valence-corrected chi connectivity index (χ0v) is 9.80. The summed E-state index contributed by atoms with van der Waals surface area (Å²) >= 11 is 1.50. The summed E-state index contributed by atoms with van der Waals surface area (Å²) in [6.45, 7) is 3.72. The summed E-state index contributed by atoms with van der Waals surface area (Å²) in [5.74, 6) is 3.61. The summed E-state index contributed by atoms with van der Waals surface area (Å²) in [7, 11) is 0. The van der Waals surface area contributed by atoms with Crippen LogP contribution in [0.5, 0.6) is 0 Å². The molecule has 0 radical (unpaired) electrons. The molecule has 2 aromatic heterocycles. The van der Waals surface area contributed by atoms with E-state index in [0.29, 0.717) is 17.3 Å². The quantitative estimate of drug-likeness (QED) is 0.758. The van der Waals surface area contributed by atoms with E-state index in [-0.39, 0.29) is 0 Å². The third-order valence-corrected chi connectivity index (χ3v) is 3.11. The van der Waals surface area contributed by atoms with Crippen molar-refractivity contribution in [1.82, 2.24) is 15.0 Å². The van der Waals surface area contributed by atoms with E-state index in [9.17, 15) is 0 Å². The normalized spacial score (nSPS) is 10.1. The van der Waals surface area contributed by atoms with E-state index < -0.39 is 0 Å². The minimum absolute atomic E-state index is 0.435. The highest BCUT2D eigenvalue weighted by Crippen LogP contribution is 2.29. The van der Waals surface area contributed by atoms with Crippen LogP contribution in [0, 0.1) is 26.2 Å². The van der Waals surface area contributed by atoms with Crippen LogP contribution in [0.1, 0.15) is 16.4 Å². The minimum atomic E-state index is 0.435. The van der Waals surface area contributed by atoms with Gasteiger partial charge in [-0.25, -0.2) is 15.0 Å². The molecule has 0 aliphatic carbocycles. The van der Waals surface area contributed by atoms with Crippen LogP contribution in [0.3, 0.4) is 0 Å². The van der Waals surface area contributed by atoms with Crippen LogP contribution in [0.4, 0.5) is 5.82 Å². The number of aryl methyl sites for hydroxylation is 2. The Kier molecular flexibility index (Phi) is 2.59. The van der Waals surface area contributed by atoms with Gasteiger partial charge in [0.2, 0.25) is 0 Å². The van der Waals surface area contributed by atoms with E-state index in [1.165, 1.54) is 11.3 Å². The van der Waals surface area contributed by atoms with Crippen molar-refractivity contribution in [3.05, 3.63) is 22.6 Å². The maximum absolute atomic E-state index is 5.82. The maximum atomic E-state index is 5.82. The highest BCUT2D eigenvalue weighted by Gasteiger charge is 2.11. The topological polar surface area (TPSA) is 64.7 Å². The fourth-order valence-corrected chi connectivity index (χ4v) is 2.19. The van der Waals surface area contributed by atoms with Gasteiger partial charge >= 0.3 is 0 Å². The van der Waals surface area contributed by atoms with Gasteiger partial charge < -0.3 is 5.73 Å². The first-order chi connectivity index (χ1) is 7.61. The Bertz CT molecular complexity index is 580. The summed E-state index contributed by atoms with van der Waals surface area (Å²) in [6, 6.07) is 0. The Morgan fingerprint density at radius 2 is 2.12 bits per heavy atom. The fraction of sp³-hybridized carbons (Fsp3) is 0.182. The molecule has 2 N–H and O–H groups in total. The van der Waals surface area contributed by atoms with E-state index in [4.69, 9.17) is 12.2 Å². The van der Waals surface area contributed by atoms with Crippen LogP contribution in [-0.2, 0) is 0 Å². The van der Waals surface area contributed by atoms with Crippen molar-refractivity contribution in [1.29, 1.82) is 0 Å². The van der Waals surface area contributed by atoms with E-state index >= 15 is 0 Å². The van der Waals surface area contributed by atoms with Gasteiger partial charge in [0.05, 0.1) is 5.56 Å². The van der Waals surface area contributed by atoms with Crippen LogP contribution in [-0.4, -0.2) is 15.0 Å². The van der Waals surface area contributed by atoms with Crippen LogP contribution in [0.25, 0.3) is 10.6 Å². The van der Waals surface area contributed by atoms with E-state index in [1.54, 1.807) is 13.1 Å². The molecular weight excluding hydrogens is 220 g/mol. The molecule has 2 rings (SSSR count). The van der Waals surface area contributed by atoms with E-state index in [1.807, 2.05) is 6.92 Å². The smallest absolute Gasteiger partial charge is 0.137 e. The molecule has 0 aromatic carbocycles. The number of nitrogen functional groups attached to an aromatic ring is 1. The Morgan fingerprint density at radius 1 is 1.38 bits per heavy atom. The second kappa shape index (κ2) is 3.91. The standard InChI is InChI=1S/C11H10N4S/c1-4-9-6(2)16-11(15-9)8-5-13-7(3)14-10(8)12/h1,5H,2-3H3,(H2,12,13,14). The lowest BCUT2D eigenvalue weighted by Gasteiger charge is -2.00. The van der Waals surface area contributed by atoms with Crippen molar-refractivity contribution < 1.29 is 0 Å². The first-order valence-corrected chi connectivity index (χ1v) is 5.47. The monoisotopic (exact) mass is 230 g/mol. The molecule has 0 saturated heterocycles. The zero-order chi connectivity index (χ0) is 11.7. The Morgan fingerprint density at radius 3 is 2.69 bits per heavy atom. The molecule has 0 bridgehead atoms. The predicted molar refractivity (Wildman–Crippen MR) is 65.0 cm³/mol. The summed E-state index contributed by atoms with van der Waals surface area (Å²) in [6.07, 6.45) is 7.01. The van der Waals surface area contributed by atoms with Crippen molar-refractivity contribution in [2.45, 2.75) is 13.8 Å². The molecule has 0 aliphatic heterocycles. The van der Waals surface area contributed by atoms with Gasteiger partial charge in [0, 0.05) is 11.1 Å². The van der Waals surface area contributed by atoms with Gasteiger partial charge in [0.25, 0.3) is 0 Å². The van der Waals surface area contributed by atoms with Gasteiger partial charge in [-0.15, -0.1) is 17.8 Å². The molecule has 0 unspecified atom stereocenters. The van der Waals surface area contributed by atoms with Crippen molar-refractivity contribution in [3.63, 3.8) is 0 Å². The van der Waals surface area contributed by atoms with Gasteiger partial charge in [0.1, 0.15) is 22.3 Å². The third-order valence-electron chi connectivity index (χ3n) is 2.10. The Labute approximate surface area is 97.6 Å². The largest absolute Gasteiger partial charge is 0.383 e. The SMILES string of the molecule is C#Cc1nc(-c2cnc(C)nc2N)sc1C. The van der Waals surface area contributed by atoms with Gasteiger partial charge in [-0.1, -0.05) is 0 Å². The number of nitrogens with zero attached hydrogens (tertiary/aromatic N) is 3. The number of aromatic nitrogens is 3. The molecule has 0 saturated carbocycles. The molecule has 16 heavy (non-hydrogen) atoms. The number of thiazole rings is 1. The lowest BCUT2D eigenvalue weighted by atomic mass is 10.3. The van der Waals surface area contributed by atoms with Crippen molar-refractivity contribution in [2.75, 3.05) is 5.73 Å². The molecular formula is C11H10N4S. The number of nitrogens with two attached hydrogens (primary N) is 1. The van der Waals surface area contributed by atoms with E-state index in [0.717, 1.165) is 15.4 Å². The van der Waals surface area contributed by atoms with Crippen LogP contribution in [0.2, 0.25) is 0 Å². The van der Waals surface area contributed by atoms with Crippen molar-refractivity contribution in [2.24, 2.45) is 0 Å². The lowest BCUT2D eigenvalue weighted by Crippen LogP contribution is -1.98. The average Bonchev–Trinajstić information content (AvgIpc) is 2.59. The number of rotatable bonds is 1. The molecule has 5 heteroatoms. The molecule has 0 atom stereocenters. The van der Waals surface area contributed by atoms with Crippen molar-refractivity contribution >= 4 is 17.2 Å². The second-order valence-electron chi connectivity index (χ2n) is 3.28. The highest BCUT2D eigenvalue weighted by atomic mass is 32.1. The number of terminal acetylenes is 1. The Hall–Kier alpha value is -1.93. The van der Waals surface area contributed by atoms with Gasteiger partial charge in [-0.3, -0.25) is 0 Å². The molecule has 4 nitrogen and oxygen atoms in total. The molecule has 80 valence electrons. The molecule has 0 aliphatic rings. The summed E-state index contributed by atoms with van der Waals surface area (Å²) < 4.78 is 0. The summed E-state index contributed by atoms with van der Waals surface area (Å²) in [5, 5.41) is 0.767. The first-order valence-electron chi connectivity index (χ1n) is 4.65. The predicted octanol–water partition coefficient (Wildman–Crippen LogP) is 1.78. The Balaban J connectivity index is 2.55. The third kappa shape index (κ3) is 1.75. The number of hydrogen-bond donors (Lipinski definition) is 1. The van der Waals surface area contributed by atoms with Crippen LogP contribution < -0.4 is 5.73 Å². The van der Waals surface area contributed by atoms with Crippen molar-refractivity contribution in [3.8, 4) is 22.9 Å². The number of hydrogen-bond acceptors (Lipinski definition) is 5. The first kappa shape index (κ1) is 10.6. The van der Waals surface area contributed by atoms with Crippen LogP contribution in [0.15, 0.2) is 6.20 Å². The summed E-state index contributed by atoms with van der Waals surface area (Å²) in [4.78, 5) is 13.5. The summed E-state index contributed by atoms with van der Waals surface area (Å²) in [5.41, 5.74) is 7.21. The van der Waals surface area contributed by atoms with E-state index in [2.05, 4.69) is 20.9 Å². The lowest BCUT2D eigenvalue weighted by molar-refractivity contribution is 1.06. The second-order valence-corrected chi connectivity index (χ2v) is 4.49. The highest BCUT2D eigenvalue weighted by molar-refractivity contribution is 7.15. The van der Waals surface area contributed by atoms with Gasteiger partial charge in [-0.05, 0) is 19.8 Å². The molecule has 0 fully saturated rings. The molecule has 0 amide bonds. The van der Waals surface area contributed by atoms with Crippen LogP contribution >= 0.6 is 11.3 Å². The molecule has 0 spiro atoms. The minimum Gasteiger partial charge on any atom is -0.383 e. The van der Waals surface area contributed by atoms with Gasteiger partial charge in [0.15, 0.2) is 0 Å². The van der Waals surface area contributed by atoms with Gasteiger partial charge in [-0.2, -0.15) is 0 Å². The zero-order valence-electron chi connectivity index (χ0n) is 8.98. The maximum Gasteiger partial charge on any atom is 0.137 e. The molecule has 2 heterocycles. The number of anilines is 1. The fourth-order valence-electron chi connectivity index (χ4n) is 1.30. The molecule has 2 aromatic rings.